The molecule has 152 valence electrons. The van der Waals surface area contributed by atoms with Gasteiger partial charge in [0.25, 0.3) is 5.91 Å². The van der Waals surface area contributed by atoms with E-state index in [4.69, 9.17) is 4.52 Å². The number of hydrogen-bond acceptors (Lipinski definition) is 7. The lowest BCUT2D eigenvalue weighted by Crippen LogP contribution is -2.32. The molecule has 0 radical (unpaired) electrons. The minimum absolute atomic E-state index is 0.0542. The summed E-state index contributed by atoms with van der Waals surface area (Å²) in [6, 6.07) is 13.3. The molecule has 4 aromatic rings. The number of carbonyl (C=O) groups excluding carboxylic acids is 1. The predicted octanol–water partition coefficient (Wildman–Crippen LogP) is 4.31. The third kappa shape index (κ3) is 4.60. The maximum Gasteiger partial charge on any atom is 0.271 e. The van der Waals surface area contributed by atoms with E-state index in [1.165, 1.54) is 11.3 Å². The number of rotatable bonds is 7. The summed E-state index contributed by atoms with van der Waals surface area (Å²) in [4.78, 5) is 25.8. The molecular formula is C22H21N5O2S. The summed E-state index contributed by atoms with van der Waals surface area (Å²) in [6.07, 6.45) is 4.05. The van der Waals surface area contributed by atoms with Gasteiger partial charge in [0.1, 0.15) is 11.7 Å². The number of pyridine rings is 1. The van der Waals surface area contributed by atoms with Gasteiger partial charge in [0.2, 0.25) is 11.7 Å². The maximum atomic E-state index is 12.8. The Morgan fingerprint density at radius 3 is 2.70 bits per heavy atom. The van der Waals surface area contributed by atoms with Gasteiger partial charge in [0.05, 0.1) is 5.01 Å². The molecule has 0 saturated carbocycles. The van der Waals surface area contributed by atoms with Crippen LogP contribution in [0, 0.1) is 5.92 Å². The van der Waals surface area contributed by atoms with Gasteiger partial charge < -0.3 is 9.84 Å². The molecule has 0 aliphatic heterocycles. The molecule has 7 nitrogen and oxygen atoms in total. The van der Waals surface area contributed by atoms with Crippen LogP contribution in [0.5, 0.6) is 0 Å². The smallest absolute Gasteiger partial charge is 0.271 e. The second-order valence-electron chi connectivity index (χ2n) is 7.18. The third-order valence-electron chi connectivity index (χ3n) is 4.56. The van der Waals surface area contributed by atoms with E-state index in [9.17, 15) is 4.79 Å². The number of hydrogen-bond donors (Lipinski definition) is 1. The van der Waals surface area contributed by atoms with Gasteiger partial charge in [0.15, 0.2) is 0 Å². The van der Waals surface area contributed by atoms with Crippen molar-refractivity contribution < 1.29 is 9.32 Å². The lowest BCUT2D eigenvalue weighted by atomic mass is 10.0. The Morgan fingerprint density at radius 1 is 1.13 bits per heavy atom. The fraction of sp³-hybridized carbons (Fsp3) is 0.227. The van der Waals surface area contributed by atoms with Crippen molar-refractivity contribution in [3.63, 3.8) is 0 Å². The average Bonchev–Trinajstić information content (AvgIpc) is 3.43. The highest BCUT2D eigenvalue weighted by atomic mass is 32.1. The highest BCUT2D eigenvalue weighted by molar-refractivity contribution is 7.09. The lowest BCUT2D eigenvalue weighted by molar-refractivity contribution is 0.0909. The van der Waals surface area contributed by atoms with Crippen LogP contribution >= 0.6 is 11.3 Å². The first-order valence-corrected chi connectivity index (χ1v) is 10.5. The van der Waals surface area contributed by atoms with Crippen molar-refractivity contribution in [1.29, 1.82) is 0 Å². The molecular weight excluding hydrogens is 398 g/mol. The van der Waals surface area contributed by atoms with Crippen molar-refractivity contribution in [2.45, 2.75) is 26.3 Å². The van der Waals surface area contributed by atoms with Crippen molar-refractivity contribution in [3.05, 3.63) is 82.4 Å². The number of nitrogens with zero attached hydrogens (tertiary/aromatic N) is 4. The second-order valence-corrected chi connectivity index (χ2v) is 8.12. The summed E-state index contributed by atoms with van der Waals surface area (Å²) in [7, 11) is 0. The zero-order chi connectivity index (χ0) is 20.9. The van der Waals surface area contributed by atoms with Crippen LogP contribution in [0.25, 0.3) is 11.4 Å². The van der Waals surface area contributed by atoms with Crippen molar-refractivity contribution in [1.82, 2.24) is 25.4 Å². The number of amides is 1. The van der Waals surface area contributed by atoms with E-state index in [1.54, 1.807) is 17.8 Å². The molecule has 0 spiro atoms. The van der Waals surface area contributed by atoms with E-state index in [2.05, 4.69) is 25.4 Å². The molecule has 0 bridgehead atoms. The average molecular weight is 420 g/mol. The van der Waals surface area contributed by atoms with Crippen LogP contribution < -0.4 is 5.32 Å². The van der Waals surface area contributed by atoms with Gasteiger partial charge in [-0.05, 0) is 23.6 Å². The molecule has 3 aromatic heterocycles. The molecule has 1 aromatic carbocycles. The maximum absolute atomic E-state index is 12.8. The first-order chi connectivity index (χ1) is 14.6. The van der Waals surface area contributed by atoms with Crippen molar-refractivity contribution in [2.24, 2.45) is 5.92 Å². The van der Waals surface area contributed by atoms with Crippen LogP contribution in [0.3, 0.4) is 0 Å². The summed E-state index contributed by atoms with van der Waals surface area (Å²) in [6.45, 7) is 3.97. The SMILES string of the molecule is CC(C)C(NC(=O)c1csc(Cc2ccccc2)n1)c1nc(-c2cccnc2)no1. The fourth-order valence-electron chi connectivity index (χ4n) is 2.97. The quantitative estimate of drug-likeness (QED) is 0.480. The number of nitrogens with one attached hydrogen (secondary N) is 1. The van der Waals surface area contributed by atoms with E-state index in [0.29, 0.717) is 23.8 Å². The van der Waals surface area contributed by atoms with Gasteiger partial charge in [-0.2, -0.15) is 4.98 Å². The molecule has 3 heterocycles. The largest absolute Gasteiger partial charge is 0.339 e. The van der Waals surface area contributed by atoms with Crippen LogP contribution in [0.1, 0.15) is 46.8 Å². The third-order valence-corrected chi connectivity index (χ3v) is 5.41. The fourth-order valence-corrected chi connectivity index (χ4v) is 3.78. The van der Waals surface area contributed by atoms with Crippen LogP contribution in [0.2, 0.25) is 0 Å². The summed E-state index contributed by atoms with van der Waals surface area (Å²) in [5, 5.41) is 9.68. The Hall–Kier alpha value is -3.39. The van der Waals surface area contributed by atoms with Gasteiger partial charge in [-0.15, -0.1) is 11.3 Å². The molecule has 0 saturated heterocycles. The van der Waals surface area contributed by atoms with E-state index in [1.807, 2.05) is 56.3 Å². The Morgan fingerprint density at radius 2 is 1.97 bits per heavy atom. The Kier molecular flexibility index (Phi) is 5.94. The molecule has 1 atom stereocenters. The molecule has 1 amide bonds. The van der Waals surface area contributed by atoms with Gasteiger partial charge in [-0.3, -0.25) is 9.78 Å². The summed E-state index contributed by atoms with van der Waals surface area (Å²) >= 11 is 1.48. The molecule has 8 heteroatoms. The minimum atomic E-state index is -0.422. The molecule has 4 rings (SSSR count). The van der Waals surface area contributed by atoms with Crippen LogP contribution in [-0.2, 0) is 6.42 Å². The molecule has 0 fully saturated rings. The Bertz CT molecular complexity index is 1110. The second kappa shape index (κ2) is 8.96. The van der Waals surface area contributed by atoms with Gasteiger partial charge >= 0.3 is 0 Å². The zero-order valence-electron chi connectivity index (χ0n) is 16.6. The van der Waals surface area contributed by atoms with E-state index >= 15 is 0 Å². The van der Waals surface area contributed by atoms with Gasteiger partial charge in [-0.1, -0.05) is 49.3 Å². The summed E-state index contributed by atoms with van der Waals surface area (Å²) < 4.78 is 5.44. The number of thiazole rings is 1. The Balaban J connectivity index is 1.47. The number of benzene rings is 1. The van der Waals surface area contributed by atoms with Crippen LogP contribution in [0.15, 0.2) is 64.8 Å². The van der Waals surface area contributed by atoms with Gasteiger partial charge in [-0.25, -0.2) is 4.98 Å². The van der Waals surface area contributed by atoms with E-state index in [-0.39, 0.29) is 11.8 Å². The monoisotopic (exact) mass is 419 g/mol. The Labute approximate surface area is 178 Å². The summed E-state index contributed by atoms with van der Waals surface area (Å²) in [5.41, 5.74) is 2.31. The van der Waals surface area contributed by atoms with Crippen molar-refractivity contribution in [2.75, 3.05) is 0 Å². The topological polar surface area (TPSA) is 93.8 Å². The van der Waals surface area contributed by atoms with E-state index < -0.39 is 6.04 Å². The molecule has 1 N–H and O–H groups in total. The number of aromatic nitrogens is 4. The first kappa shape index (κ1) is 19.9. The molecule has 1 unspecified atom stereocenters. The van der Waals surface area contributed by atoms with Crippen LogP contribution in [0.4, 0.5) is 0 Å². The normalized spacial score (nSPS) is 12.1. The molecule has 0 aliphatic carbocycles. The van der Waals surface area contributed by atoms with Crippen molar-refractivity contribution in [3.8, 4) is 11.4 Å². The van der Waals surface area contributed by atoms with E-state index in [0.717, 1.165) is 16.1 Å². The molecule has 30 heavy (non-hydrogen) atoms. The standard InChI is InChI=1S/C22H21N5O2S/c1-14(2)19(22-26-20(27-29-22)16-9-6-10-23-12-16)25-21(28)17-13-30-18(24-17)11-15-7-4-3-5-8-15/h3-10,12-14,19H,11H2,1-2H3,(H,25,28). The zero-order valence-corrected chi connectivity index (χ0v) is 17.5. The molecule has 0 aliphatic rings. The number of carbonyl (C=O) groups is 1. The predicted molar refractivity (Wildman–Crippen MR) is 114 cm³/mol. The van der Waals surface area contributed by atoms with Crippen molar-refractivity contribution >= 4 is 17.2 Å². The lowest BCUT2D eigenvalue weighted by Gasteiger charge is -2.17. The summed E-state index contributed by atoms with van der Waals surface area (Å²) in [5.74, 6) is 0.595. The highest BCUT2D eigenvalue weighted by Gasteiger charge is 2.26. The first-order valence-electron chi connectivity index (χ1n) is 9.63. The van der Waals surface area contributed by atoms with Gasteiger partial charge in [0, 0.05) is 29.8 Å². The van der Waals surface area contributed by atoms with Crippen LogP contribution in [-0.4, -0.2) is 26.0 Å². The highest BCUT2D eigenvalue weighted by Crippen LogP contribution is 2.24. The minimum Gasteiger partial charge on any atom is -0.339 e.